The number of hydrogen-bond acceptors (Lipinski definition) is 5. The van der Waals surface area contributed by atoms with E-state index in [-0.39, 0.29) is 12.2 Å². The van der Waals surface area contributed by atoms with E-state index in [4.69, 9.17) is 4.74 Å². The third-order valence-corrected chi connectivity index (χ3v) is 5.70. The fourth-order valence-corrected chi connectivity index (χ4v) is 3.85. The Kier molecular flexibility index (Phi) is 7.03. The Morgan fingerprint density at radius 3 is 2.03 bits per heavy atom. The molecule has 0 saturated carbocycles. The monoisotopic (exact) mass is 434 g/mol. The van der Waals surface area contributed by atoms with Crippen LogP contribution in [0.1, 0.15) is 31.4 Å². The van der Waals surface area contributed by atoms with Gasteiger partial charge in [-0.25, -0.2) is 4.79 Å². The molecule has 0 aliphatic heterocycles. The molecule has 2 aromatic carbocycles. The standard InChI is InChI=1S/C26H30N2O4/c1-5-26(28-20-13-9-18(4)10-14-20)16-21(24(29)30)23(15-22(26)25(31)32-6-2)27-19-11-7-17(3)8-12-19/h7-16,22,27-28H,5-6H2,1-4H3,(H,29,30). The van der Waals surface area contributed by atoms with Gasteiger partial charge in [-0.2, -0.15) is 0 Å². The van der Waals surface area contributed by atoms with Gasteiger partial charge in [-0.15, -0.1) is 0 Å². The van der Waals surface area contributed by atoms with Gasteiger partial charge in [0, 0.05) is 17.1 Å². The maximum absolute atomic E-state index is 13.0. The van der Waals surface area contributed by atoms with E-state index >= 15 is 0 Å². The highest BCUT2D eigenvalue weighted by Gasteiger charge is 2.44. The first-order valence-electron chi connectivity index (χ1n) is 10.8. The molecule has 0 spiro atoms. The van der Waals surface area contributed by atoms with E-state index in [1.165, 1.54) is 0 Å². The molecule has 0 aromatic heterocycles. The molecule has 2 unspecified atom stereocenters. The number of carboxylic acids is 1. The van der Waals surface area contributed by atoms with Gasteiger partial charge in [0.1, 0.15) is 5.92 Å². The molecule has 0 fully saturated rings. The van der Waals surface area contributed by atoms with E-state index in [1.54, 1.807) is 19.1 Å². The number of aliphatic carboxylic acids is 1. The third-order valence-electron chi connectivity index (χ3n) is 5.70. The van der Waals surface area contributed by atoms with Crippen molar-refractivity contribution in [2.24, 2.45) is 5.92 Å². The van der Waals surface area contributed by atoms with Crippen molar-refractivity contribution < 1.29 is 19.4 Å². The molecule has 6 nitrogen and oxygen atoms in total. The first-order valence-corrected chi connectivity index (χ1v) is 10.8. The molecule has 0 amide bonds. The summed E-state index contributed by atoms with van der Waals surface area (Å²) in [6, 6.07) is 15.4. The molecule has 0 bridgehead atoms. The second-order valence-electron chi connectivity index (χ2n) is 8.05. The fraction of sp³-hybridized carbons (Fsp3) is 0.308. The zero-order valence-electron chi connectivity index (χ0n) is 18.9. The lowest BCUT2D eigenvalue weighted by molar-refractivity contribution is -0.147. The Balaban J connectivity index is 2.07. The van der Waals surface area contributed by atoms with Gasteiger partial charge in [0.15, 0.2) is 0 Å². The van der Waals surface area contributed by atoms with Crippen LogP contribution in [0.15, 0.2) is 72.0 Å². The van der Waals surface area contributed by atoms with Gasteiger partial charge in [-0.1, -0.05) is 42.3 Å². The number of rotatable bonds is 8. The van der Waals surface area contributed by atoms with Gasteiger partial charge < -0.3 is 20.5 Å². The van der Waals surface area contributed by atoms with Gasteiger partial charge in [0.05, 0.1) is 17.7 Å². The van der Waals surface area contributed by atoms with E-state index in [0.717, 1.165) is 22.5 Å². The van der Waals surface area contributed by atoms with Gasteiger partial charge in [0.25, 0.3) is 0 Å². The van der Waals surface area contributed by atoms with Crippen LogP contribution in [0, 0.1) is 19.8 Å². The smallest absolute Gasteiger partial charge is 0.337 e. The van der Waals surface area contributed by atoms with E-state index in [9.17, 15) is 14.7 Å². The van der Waals surface area contributed by atoms with Crippen LogP contribution in [0.25, 0.3) is 0 Å². The fourth-order valence-electron chi connectivity index (χ4n) is 3.85. The minimum Gasteiger partial charge on any atom is -0.478 e. The summed E-state index contributed by atoms with van der Waals surface area (Å²) in [5, 5.41) is 16.6. The first kappa shape index (κ1) is 23.1. The van der Waals surface area contributed by atoms with Crippen molar-refractivity contribution in [2.75, 3.05) is 17.2 Å². The Labute approximate surface area is 189 Å². The summed E-state index contributed by atoms with van der Waals surface area (Å²) in [5.74, 6) is -2.19. The van der Waals surface area contributed by atoms with Gasteiger partial charge >= 0.3 is 11.9 Å². The average Bonchev–Trinajstić information content (AvgIpc) is 2.77. The Morgan fingerprint density at radius 2 is 1.53 bits per heavy atom. The number of carbonyl (C=O) groups excluding carboxylic acids is 1. The van der Waals surface area contributed by atoms with E-state index in [2.05, 4.69) is 10.6 Å². The predicted molar refractivity (Wildman–Crippen MR) is 127 cm³/mol. The molecule has 0 saturated heterocycles. The normalized spacial score (nSPS) is 20.1. The van der Waals surface area contributed by atoms with Crippen molar-refractivity contribution in [3.05, 3.63) is 83.1 Å². The summed E-state index contributed by atoms with van der Waals surface area (Å²) in [6.07, 6.45) is 3.80. The lowest BCUT2D eigenvalue weighted by Gasteiger charge is -2.40. The van der Waals surface area contributed by atoms with Crippen molar-refractivity contribution in [3.63, 3.8) is 0 Å². The first-order chi connectivity index (χ1) is 15.3. The number of ether oxygens (including phenoxy) is 1. The van der Waals surface area contributed by atoms with Crippen LogP contribution >= 0.6 is 0 Å². The molecule has 0 radical (unpaired) electrons. The predicted octanol–water partition coefficient (Wildman–Crippen LogP) is 5.06. The second kappa shape index (κ2) is 9.73. The summed E-state index contributed by atoms with van der Waals surface area (Å²) >= 11 is 0. The zero-order valence-corrected chi connectivity index (χ0v) is 18.9. The Morgan fingerprint density at radius 1 is 0.969 bits per heavy atom. The highest BCUT2D eigenvalue weighted by Crippen LogP contribution is 2.38. The third kappa shape index (κ3) is 5.02. The molecule has 2 atom stereocenters. The number of carboxylic acid groups (broad SMARTS) is 1. The molecule has 2 aromatic rings. The molecule has 32 heavy (non-hydrogen) atoms. The quantitative estimate of drug-likeness (QED) is 0.503. The minimum absolute atomic E-state index is 0.104. The van der Waals surface area contributed by atoms with Crippen LogP contribution in [0.4, 0.5) is 11.4 Å². The number of anilines is 2. The van der Waals surface area contributed by atoms with E-state index in [1.807, 2.05) is 69.3 Å². The largest absolute Gasteiger partial charge is 0.478 e. The summed E-state index contributed by atoms with van der Waals surface area (Å²) < 4.78 is 5.38. The van der Waals surface area contributed by atoms with Crippen LogP contribution in [-0.2, 0) is 14.3 Å². The van der Waals surface area contributed by atoms with Crippen molar-refractivity contribution in [2.45, 2.75) is 39.7 Å². The molecular formula is C26H30N2O4. The van der Waals surface area contributed by atoms with Crippen molar-refractivity contribution in [1.29, 1.82) is 0 Å². The number of esters is 1. The highest BCUT2D eigenvalue weighted by molar-refractivity contribution is 5.95. The van der Waals surface area contributed by atoms with Crippen LogP contribution < -0.4 is 10.6 Å². The highest BCUT2D eigenvalue weighted by atomic mass is 16.5. The minimum atomic E-state index is -1.07. The summed E-state index contributed by atoms with van der Waals surface area (Å²) in [6.45, 7) is 7.90. The lowest BCUT2D eigenvalue weighted by atomic mass is 9.75. The molecular weight excluding hydrogens is 404 g/mol. The van der Waals surface area contributed by atoms with Gasteiger partial charge in [0.2, 0.25) is 0 Å². The number of aryl methyl sites for hydroxylation is 2. The topological polar surface area (TPSA) is 87.7 Å². The van der Waals surface area contributed by atoms with Crippen LogP contribution in [-0.4, -0.2) is 29.2 Å². The van der Waals surface area contributed by atoms with E-state index < -0.39 is 23.4 Å². The maximum Gasteiger partial charge on any atom is 0.337 e. The Bertz CT molecular complexity index is 1040. The summed E-state index contributed by atoms with van der Waals surface area (Å²) in [7, 11) is 0. The van der Waals surface area contributed by atoms with E-state index in [0.29, 0.717) is 12.1 Å². The van der Waals surface area contributed by atoms with Crippen LogP contribution in [0.5, 0.6) is 0 Å². The second-order valence-corrected chi connectivity index (χ2v) is 8.05. The van der Waals surface area contributed by atoms with Crippen molar-refractivity contribution in [3.8, 4) is 0 Å². The molecule has 6 heteroatoms. The van der Waals surface area contributed by atoms with Gasteiger partial charge in [-0.3, -0.25) is 4.79 Å². The molecule has 1 aliphatic rings. The van der Waals surface area contributed by atoms with Gasteiger partial charge in [-0.05, 0) is 63.6 Å². The maximum atomic E-state index is 13.0. The lowest BCUT2D eigenvalue weighted by Crippen LogP contribution is -2.49. The average molecular weight is 435 g/mol. The SMILES string of the molecule is CCOC(=O)C1C=C(Nc2ccc(C)cc2)C(C(=O)O)=CC1(CC)Nc1ccc(C)cc1. The van der Waals surface area contributed by atoms with Crippen LogP contribution in [0.2, 0.25) is 0 Å². The Hall–Kier alpha value is -3.54. The number of benzene rings is 2. The summed E-state index contributed by atoms with van der Waals surface area (Å²) in [5.41, 5.74) is 3.27. The number of hydrogen-bond donors (Lipinski definition) is 3. The van der Waals surface area contributed by atoms with Crippen molar-refractivity contribution in [1.82, 2.24) is 0 Å². The zero-order chi connectivity index (χ0) is 23.3. The van der Waals surface area contributed by atoms with Crippen LogP contribution in [0.3, 0.4) is 0 Å². The molecule has 3 rings (SSSR count). The summed E-state index contributed by atoms with van der Waals surface area (Å²) in [4.78, 5) is 25.2. The molecule has 1 aliphatic carbocycles. The number of carbonyl (C=O) groups is 2. The van der Waals surface area contributed by atoms with Crippen molar-refractivity contribution >= 4 is 23.3 Å². The number of nitrogens with one attached hydrogen (secondary N) is 2. The molecule has 0 heterocycles. The molecule has 3 N–H and O–H groups in total. The molecule has 168 valence electrons.